The van der Waals surface area contributed by atoms with Crippen molar-refractivity contribution in [1.29, 1.82) is 0 Å². The molecule has 0 aliphatic heterocycles. The molecule has 24 heavy (non-hydrogen) atoms. The highest BCUT2D eigenvalue weighted by Gasteiger charge is 1.99. The van der Waals surface area contributed by atoms with E-state index in [1.54, 1.807) is 28.0 Å². The smallest absolute Gasteiger partial charge is 0.250 e. The fourth-order valence-corrected chi connectivity index (χ4v) is 2.79. The van der Waals surface area contributed by atoms with Crippen LogP contribution in [0.4, 0.5) is 0 Å². The molecule has 2 aromatic rings. The molecular formula is C17H25IN4OS. The Balaban J connectivity index is 0.00000288. The maximum Gasteiger partial charge on any atom is 0.250 e. The quantitative estimate of drug-likeness (QED) is 0.276. The lowest BCUT2D eigenvalue weighted by molar-refractivity contribution is 0.585. The van der Waals surface area contributed by atoms with Gasteiger partial charge in [-0.15, -0.1) is 35.3 Å². The number of aromatic nitrogens is 1. The van der Waals surface area contributed by atoms with E-state index in [1.807, 2.05) is 18.3 Å². The van der Waals surface area contributed by atoms with Gasteiger partial charge in [-0.2, -0.15) is 0 Å². The zero-order valence-electron chi connectivity index (χ0n) is 13.9. The van der Waals surface area contributed by atoms with Gasteiger partial charge in [0, 0.05) is 36.8 Å². The highest BCUT2D eigenvalue weighted by atomic mass is 127. The molecule has 0 bridgehead atoms. The average Bonchev–Trinajstić information content (AvgIpc) is 3.07. The van der Waals surface area contributed by atoms with Crippen LogP contribution >= 0.6 is 35.3 Å². The molecule has 2 rings (SSSR count). The lowest BCUT2D eigenvalue weighted by Crippen LogP contribution is -2.37. The molecule has 0 aliphatic rings. The number of nitrogens with zero attached hydrogens (tertiary/aromatic N) is 2. The van der Waals surface area contributed by atoms with Crippen LogP contribution in [0.5, 0.6) is 0 Å². The van der Waals surface area contributed by atoms with Crippen LogP contribution in [0.2, 0.25) is 0 Å². The minimum atomic E-state index is 0. The molecule has 0 fully saturated rings. The second-order valence-electron chi connectivity index (χ2n) is 5.14. The Bertz CT molecular complexity index is 655. The Morgan fingerprint density at radius 1 is 1.21 bits per heavy atom. The van der Waals surface area contributed by atoms with E-state index in [0.29, 0.717) is 6.54 Å². The van der Waals surface area contributed by atoms with Crippen molar-refractivity contribution in [3.63, 3.8) is 0 Å². The maximum absolute atomic E-state index is 11.6. The Morgan fingerprint density at radius 3 is 2.79 bits per heavy atom. The summed E-state index contributed by atoms with van der Waals surface area (Å²) in [4.78, 5) is 17.4. The third-order valence-electron chi connectivity index (χ3n) is 3.33. The normalized spacial score (nSPS) is 11.0. The molecule has 2 heterocycles. The van der Waals surface area contributed by atoms with Crippen LogP contribution in [0, 0.1) is 0 Å². The zero-order valence-corrected chi connectivity index (χ0v) is 17.1. The molecular weight excluding hydrogens is 435 g/mol. The van der Waals surface area contributed by atoms with E-state index in [9.17, 15) is 4.79 Å². The first-order chi connectivity index (χ1) is 11.3. The lowest BCUT2D eigenvalue weighted by atomic mass is 10.3. The molecule has 0 spiro atoms. The van der Waals surface area contributed by atoms with Crippen molar-refractivity contribution in [2.45, 2.75) is 32.9 Å². The van der Waals surface area contributed by atoms with Gasteiger partial charge in [0.05, 0.1) is 6.54 Å². The van der Waals surface area contributed by atoms with Crippen LogP contribution < -0.4 is 16.2 Å². The first-order valence-electron chi connectivity index (χ1n) is 7.99. The Kier molecular flexibility index (Phi) is 10.4. The van der Waals surface area contributed by atoms with Gasteiger partial charge in [0.2, 0.25) is 5.56 Å². The average molecular weight is 460 g/mol. The van der Waals surface area contributed by atoms with Crippen LogP contribution in [-0.2, 0) is 13.1 Å². The molecule has 0 amide bonds. The first-order valence-corrected chi connectivity index (χ1v) is 8.87. The van der Waals surface area contributed by atoms with Gasteiger partial charge >= 0.3 is 0 Å². The van der Waals surface area contributed by atoms with Crippen LogP contribution in [0.15, 0.2) is 51.7 Å². The third kappa shape index (κ3) is 7.48. The fraction of sp³-hybridized carbons (Fsp3) is 0.412. The zero-order chi connectivity index (χ0) is 16.3. The van der Waals surface area contributed by atoms with Crippen LogP contribution in [0.3, 0.4) is 0 Å². The topological polar surface area (TPSA) is 58.4 Å². The van der Waals surface area contributed by atoms with Crippen molar-refractivity contribution in [1.82, 2.24) is 15.2 Å². The first kappa shape index (κ1) is 20.7. The number of thiophene rings is 1. The number of guanidine groups is 1. The number of pyridine rings is 1. The van der Waals surface area contributed by atoms with E-state index >= 15 is 0 Å². The summed E-state index contributed by atoms with van der Waals surface area (Å²) in [6, 6.07) is 9.39. The van der Waals surface area contributed by atoms with Gasteiger partial charge in [-0.1, -0.05) is 12.1 Å². The molecule has 0 atom stereocenters. The summed E-state index contributed by atoms with van der Waals surface area (Å²) < 4.78 is 1.75. The van der Waals surface area contributed by atoms with E-state index in [0.717, 1.165) is 38.4 Å². The van der Waals surface area contributed by atoms with E-state index < -0.39 is 0 Å². The summed E-state index contributed by atoms with van der Waals surface area (Å²) in [6.07, 6.45) is 3.79. The summed E-state index contributed by atoms with van der Waals surface area (Å²) in [7, 11) is 0. The highest BCUT2D eigenvalue weighted by molar-refractivity contribution is 14.0. The summed E-state index contributed by atoms with van der Waals surface area (Å²) in [5.74, 6) is 0.845. The molecule has 7 heteroatoms. The van der Waals surface area contributed by atoms with E-state index in [-0.39, 0.29) is 29.5 Å². The van der Waals surface area contributed by atoms with Crippen molar-refractivity contribution in [2.24, 2.45) is 4.99 Å². The predicted octanol–water partition coefficient (Wildman–Crippen LogP) is 3.06. The monoisotopic (exact) mass is 460 g/mol. The third-order valence-corrected chi connectivity index (χ3v) is 4.20. The molecule has 0 aliphatic carbocycles. The van der Waals surface area contributed by atoms with Crippen molar-refractivity contribution < 1.29 is 0 Å². The molecule has 0 radical (unpaired) electrons. The second kappa shape index (κ2) is 12.1. The summed E-state index contributed by atoms with van der Waals surface area (Å²) in [5.41, 5.74) is 0.0614. The molecule has 132 valence electrons. The summed E-state index contributed by atoms with van der Waals surface area (Å²) in [6.45, 7) is 5.20. The van der Waals surface area contributed by atoms with Gasteiger partial charge in [0.25, 0.3) is 0 Å². The van der Waals surface area contributed by atoms with Gasteiger partial charge in [0.1, 0.15) is 0 Å². The number of aliphatic imine (C=N–C) groups is 1. The van der Waals surface area contributed by atoms with Gasteiger partial charge in [-0.05, 0) is 37.3 Å². The predicted molar refractivity (Wildman–Crippen MR) is 112 cm³/mol. The summed E-state index contributed by atoms with van der Waals surface area (Å²) >= 11 is 1.72. The number of unbranched alkanes of at least 4 members (excludes halogenated alkanes) is 1. The van der Waals surface area contributed by atoms with Crippen molar-refractivity contribution in [3.8, 4) is 0 Å². The van der Waals surface area contributed by atoms with Crippen molar-refractivity contribution in [2.75, 3.05) is 13.1 Å². The number of rotatable bonds is 8. The second-order valence-corrected chi connectivity index (χ2v) is 6.17. The molecule has 5 nitrogen and oxygen atoms in total. The number of nitrogens with one attached hydrogen (secondary N) is 2. The maximum atomic E-state index is 11.6. The van der Waals surface area contributed by atoms with Gasteiger partial charge in [-0.3, -0.25) is 4.79 Å². The van der Waals surface area contributed by atoms with Crippen LogP contribution in [0.1, 0.15) is 24.6 Å². The van der Waals surface area contributed by atoms with E-state index in [2.05, 4.69) is 34.0 Å². The molecule has 2 aromatic heterocycles. The SMILES string of the molecule is CCNC(=NCc1cccs1)NCCCCn1ccccc1=O.I. The molecule has 0 saturated heterocycles. The molecule has 0 aromatic carbocycles. The number of hydrogen-bond donors (Lipinski definition) is 2. The van der Waals surface area contributed by atoms with Gasteiger partial charge in [-0.25, -0.2) is 4.99 Å². The standard InChI is InChI=1S/C17H24N4OS.HI/c1-2-18-17(20-14-15-8-7-13-23-15)19-10-4-6-12-21-11-5-3-9-16(21)22;/h3,5,7-9,11,13H,2,4,6,10,12,14H2,1H3,(H2,18,19,20);1H. The van der Waals surface area contributed by atoms with Crippen LogP contribution in [-0.4, -0.2) is 23.6 Å². The lowest BCUT2D eigenvalue weighted by Gasteiger charge is -2.11. The summed E-state index contributed by atoms with van der Waals surface area (Å²) in [5, 5.41) is 8.66. The Morgan fingerprint density at radius 2 is 2.08 bits per heavy atom. The minimum Gasteiger partial charge on any atom is -0.357 e. The molecule has 0 saturated carbocycles. The van der Waals surface area contributed by atoms with Gasteiger partial charge in [0.15, 0.2) is 5.96 Å². The molecule has 2 N–H and O–H groups in total. The number of hydrogen-bond acceptors (Lipinski definition) is 3. The Labute approximate surface area is 164 Å². The fourth-order valence-electron chi connectivity index (χ4n) is 2.16. The largest absolute Gasteiger partial charge is 0.357 e. The number of aryl methyl sites for hydroxylation is 1. The van der Waals surface area contributed by atoms with E-state index in [4.69, 9.17) is 0 Å². The van der Waals surface area contributed by atoms with Crippen molar-refractivity contribution in [3.05, 3.63) is 57.1 Å². The highest BCUT2D eigenvalue weighted by Crippen LogP contribution is 2.09. The van der Waals surface area contributed by atoms with Crippen LogP contribution in [0.25, 0.3) is 0 Å². The number of halogens is 1. The minimum absolute atomic E-state index is 0. The Hall–Kier alpha value is -1.35. The van der Waals surface area contributed by atoms with E-state index in [1.165, 1.54) is 4.88 Å². The van der Waals surface area contributed by atoms with Gasteiger partial charge < -0.3 is 15.2 Å². The van der Waals surface area contributed by atoms with Crippen molar-refractivity contribution >= 4 is 41.3 Å². The molecule has 0 unspecified atom stereocenters.